The lowest BCUT2D eigenvalue weighted by Gasteiger charge is -2.05. The Labute approximate surface area is 123 Å². The molecule has 0 spiro atoms. The third-order valence-corrected chi connectivity index (χ3v) is 2.19. The van der Waals surface area contributed by atoms with E-state index in [1.807, 2.05) is 0 Å². The van der Waals surface area contributed by atoms with E-state index < -0.39 is 11.8 Å². The van der Waals surface area contributed by atoms with E-state index in [4.69, 9.17) is 9.47 Å². The molecular weight excluding hydrogens is 280 g/mol. The van der Waals surface area contributed by atoms with Crippen LogP contribution in [0.2, 0.25) is 0 Å². The largest absolute Gasteiger partial charge is 0.383 e. The molecule has 0 aromatic heterocycles. The summed E-state index contributed by atoms with van der Waals surface area (Å²) in [5, 5.41) is 8.63. The smallest absolute Gasteiger partial charge is 0.329 e. The average molecular weight is 302 g/mol. The molecule has 0 aliphatic carbocycles. The summed E-state index contributed by atoms with van der Waals surface area (Å²) in [5.74, 6) is -1.95. The van der Waals surface area contributed by atoms with Crippen molar-refractivity contribution in [3.8, 4) is 0 Å². The van der Waals surface area contributed by atoms with E-state index in [0.717, 1.165) is 0 Å². The minimum Gasteiger partial charge on any atom is -0.383 e. The fourth-order valence-corrected chi connectivity index (χ4v) is 1.17. The van der Waals surface area contributed by atoms with Crippen LogP contribution >= 0.6 is 0 Å². The van der Waals surface area contributed by atoms with Crippen molar-refractivity contribution in [2.45, 2.75) is 13.3 Å². The number of amides is 3. The monoisotopic (exact) mass is 302 g/mol. The zero-order valence-corrected chi connectivity index (χ0v) is 12.5. The molecule has 3 N–H and O–H groups in total. The van der Waals surface area contributed by atoms with Gasteiger partial charge in [-0.3, -0.25) is 14.4 Å². The van der Waals surface area contributed by atoms with Gasteiger partial charge < -0.3 is 20.1 Å². The van der Waals surface area contributed by atoms with Crippen LogP contribution in [0, 0.1) is 0 Å². The third kappa shape index (κ3) is 10.4. The molecule has 0 rings (SSSR count). The van der Waals surface area contributed by atoms with Crippen molar-refractivity contribution >= 4 is 23.4 Å². The Bertz CT molecular complexity index is 384. The zero-order chi connectivity index (χ0) is 16.1. The van der Waals surface area contributed by atoms with Crippen LogP contribution in [0.3, 0.4) is 0 Å². The van der Waals surface area contributed by atoms with E-state index in [2.05, 4.69) is 21.2 Å². The lowest BCUT2D eigenvalue weighted by molar-refractivity contribution is -0.139. The number of ether oxygens (including phenoxy) is 2. The van der Waals surface area contributed by atoms with Gasteiger partial charge in [-0.1, -0.05) is 0 Å². The van der Waals surface area contributed by atoms with Crippen molar-refractivity contribution in [2.75, 3.05) is 40.5 Å². The number of hydrazone groups is 1. The van der Waals surface area contributed by atoms with Crippen molar-refractivity contribution in [2.24, 2.45) is 5.10 Å². The third-order valence-electron chi connectivity index (χ3n) is 2.19. The first-order valence-electron chi connectivity index (χ1n) is 6.37. The second-order valence-electron chi connectivity index (χ2n) is 4.06. The van der Waals surface area contributed by atoms with E-state index in [1.165, 1.54) is 14.2 Å². The molecular formula is C12H22N4O5. The van der Waals surface area contributed by atoms with Crippen LogP contribution in [0.25, 0.3) is 0 Å². The predicted molar refractivity (Wildman–Crippen MR) is 75.6 cm³/mol. The van der Waals surface area contributed by atoms with Crippen LogP contribution < -0.4 is 16.1 Å². The standard InChI is InChI=1S/C12H22N4O5/c1-9(8-10(17)13-4-6-20-2)15-16-12(19)11(18)14-5-7-21-3/h4-8H2,1-3H3,(H,13,17)(H,14,18)(H,16,19)/b15-9-. The molecule has 21 heavy (non-hydrogen) atoms. The quantitative estimate of drug-likeness (QED) is 0.205. The Kier molecular flexibility index (Phi) is 10.7. The van der Waals surface area contributed by atoms with E-state index in [0.29, 0.717) is 25.5 Å². The minimum absolute atomic E-state index is 0.0231. The Morgan fingerprint density at radius 1 is 0.952 bits per heavy atom. The van der Waals surface area contributed by atoms with Crippen molar-refractivity contribution in [1.29, 1.82) is 0 Å². The van der Waals surface area contributed by atoms with Gasteiger partial charge in [-0.15, -0.1) is 0 Å². The van der Waals surface area contributed by atoms with Crippen LogP contribution in [-0.2, 0) is 23.9 Å². The molecule has 0 fully saturated rings. The van der Waals surface area contributed by atoms with Crippen molar-refractivity contribution in [3.05, 3.63) is 0 Å². The number of hydrogen-bond donors (Lipinski definition) is 3. The molecule has 0 heterocycles. The van der Waals surface area contributed by atoms with Crippen LogP contribution in [-0.4, -0.2) is 64.0 Å². The molecule has 120 valence electrons. The van der Waals surface area contributed by atoms with Gasteiger partial charge in [-0.05, 0) is 6.92 Å². The SMILES string of the molecule is COCCNC(=O)C/C(C)=N\NC(=O)C(=O)NCCOC. The van der Waals surface area contributed by atoms with Gasteiger partial charge in [0.2, 0.25) is 5.91 Å². The normalized spacial score (nSPS) is 10.9. The van der Waals surface area contributed by atoms with E-state index in [-0.39, 0.29) is 18.9 Å². The van der Waals surface area contributed by atoms with E-state index in [1.54, 1.807) is 6.92 Å². The number of hydrogen-bond acceptors (Lipinski definition) is 6. The molecule has 9 heteroatoms. The van der Waals surface area contributed by atoms with Crippen LogP contribution in [0.5, 0.6) is 0 Å². The molecule has 0 saturated carbocycles. The molecule has 0 aliphatic rings. The molecule has 0 aliphatic heterocycles. The fraction of sp³-hybridized carbons (Fsp3) is 0.667. The van der Waals surface area contributed by atoms with Gasteiger partial charge in [-0.25, -0.2) is 5.43 Å². The van der Waals surface area contributed by atoms with Gasteiger partial charge in [-0.2, -0.15) is 5.10 Å². The maximum absolute atomic E-state index is 11.4. The molecule has 0 saturated heterocycles. The lowest BCUT2D eigenvalue weighted by Crippen LogP contribution is -2.39. The maximum Gasteiger partial charge on any atom is 0.329 e. The van der Waals surface area contributed by atoms with Crippen LogP contribution in [0.4, 0.5) is 0 Å². The number of nitrogens with zero attached hydrogens (tertiary/aromatic N) is 1. The molecule has 0 atom stereocenters. The van der Waals surface area contributed by atoms with E-state index >= 15 is 0 Å². The summed E-state index contributed by atoms with van der Waals surface area (Å²) >= 11 is 0. The summed E-state index contributed by atoms with van der Waals surface area (Å²) in [6.45, 7) is 2.92. The number of carbonyl (C=O) groups excluding carboxylic acids is 3. The van der Waals surface area contributed by atoms with Crippen LogP contribution in [0.15, 0.2) is 5.10 Å². The van der Waals surface area contributed by atoms with E-state index in [9.17, 15) is 14.4 Å². The highest BCUT2D eigenvalue weighted by atomic mass is 16.5. The second kappa shape index (κ2) is 11.8. The fourth-order valence-electron chi connectivity index (χ4n) is 1.17. The summed E-state index contributed by atoms with van der Waals surface area (Å²) in [6, 6.07) is 0. The highest BCUT2D eigenvalue weighted by Gasteiger charge is 2.12. The summed E-state index contributed by atoms with van der Waals surface area (Å²) in [4.78, 5) is 34.1. The van der Waals surface area contributed by atoms with Crippen molar-refractivity contribution in [3.63, 3.8) is 0 Å². The van der Waals surface area contributed by atoms with Gasteiger partial charge in [0.25, 0.3) is 0 Å². The Morgan fingerprint density at radius 2 is 1.52 bits per heavy atom. The summed E-state index contributed by atoms with van der Waals surface area (Å²) in [7, 11) is 3.02. The minimum atomic E-state index is -0.898. The first-order chi connectivity index (χ1) is 10.0. The summed E-state index contributed by atoms with van der Waals surface area (Å²) < 4.78 is 9.51. The first kappa shape index (κ1) is 19.0. The van der Waals surface area contributed by atoms with Crippen molar-refractivity contribution in [1.82, 2.24) is 16.1 Å². The highest BCUT2D eigenvalue weighted by Crippen LogP contribution is 1.85. The van der Waals surface area contributed by atoms with Gasteiger partial charge >= 0.3 is 11.8 Å². The van der Waals surface area contributed by atoms with Gasteiger partial charge in [0.1, 0.15) is 0 Å². The Hall–Kier alpha value is -2.00. The highest BCUT2D eigenvalue weighted by molar-refractivity contribution is 6.35. The van der Waals surface area contributed by atoms with Gasteiger partial charge in [0, 0.05) is 33.0 Å². The molecule has 0 radical (unpaired) electrons. The molecule has 0 aromatic carbocycles. The molecule has 0 bridgehead atoms. The Balaban J connectivity index is 4.01. The maximum atomic E-state index is 11.4. The lowest BCUT2D eigenvalue weighted by atomic mass is 10.3. The van der Waals surface area contributed by atoms with Crippen LogP contribution in [0.1, 0.15) is 13.3 Å². The Morgan fingerprint density at radius 3 is 2.10 bits per heavy atom. The number of methoxy groups -OCH3 is 2. The number of nitrogens with one attached hydrogen (secondary N) is 3. The number of carbonyl (C=O) groups is 3. The summed E-state index contributed by atoms with van der Waals surface area (Å²) in [6.07, 6.45) is 0.0231. The molecule has 0 unspecified atom stereocenters. The second-order valence-corrected chi connectivity index (χ2v) is 4.06. The molecule has 9 nitrogen and oxygen atoms in total. The predicted octanol–water partition coefficient (Wildman–Crippen LogP) is -1.61. The topological polar surface area (TPSA) is 118 Å². The average Bonchev–Trinajstić information content (AvgIpc) is 2.45. The zero-order valence-electron chi connectivity index (χ0n) is 12.5. The summed E-state index contributed by atoms with van der Waals surface area (Å²) in [5.41, 5.74) is 2.45. The first-order valence-corrected chi connectivity index (χ1v) is 6.37. The van der Waals surface area contributed by atoms with Gasteiger partial charge in [0.15, 0.2) is 0 Å². The number of rotatable bonds is 9. The van der Waals surface area contributed by atoms with Gasteiger partial charge in [0.05, 0.1) is 19.6 Å². The molecule has 0 aromatic rings. The molecule has 3 amide bonds. The van der Waals surface area contributed by atoms with Crippen molar-refractivity contribution < 1.29 is 23.9 Å².